The number of imidazole rings is 1. The fourth-order valence-corrected chi connectivity index (χ4v) is 3.45. The third-order valence-corrected chi connectivity index (χ3v) is 5.09. The van der Waals surface area contributed by atoms with Crippen molar-refractivity contribution in [3.63, 3.8) is 0 Å². The van der Waals surface area contributed by atoms with Crippen LogP contribution in [0.25, 0.3) is 27.8 Å². The van der Waals surface area contributed by atoms with Gasteiger partial charge in [-0.1, -0.05) is 36.4 Å². The maximum Gasteiger partial charge on any atom is 0.450 e. The topological polar surface area (TPSA) is 68.2 Å². The van der Waals surface area contributed by atoms with Gasteiger partial charge in [-0.05, 0) is 54.4 Å². The minimum atomic E-state index is -4.61. The number of halogens is 3. The van der Waals surface area contributed by atoms with Crippen LogP contribution in [0.1, 0.15) is 12.7 Å². The van der Waals surface area contributed by atoms with Crippen molar-refractivity contribution in [3.8, 4) is 16.8 Å². The lowest BCUT2D eigenvalue weighted by Crippen LogP contribution is -2.37. The molecule has 0 spiro atoms. The van der Waals surface area contributed by atoms with E-state index in [2.05, 4.69) is 15.6 Å². The highest BCUT2D eigenvalue weighted by Crippen LogP contribution is 2.35. The number of benzene rings is 3. The molecule has 33 heavy (non-hydrogen) atoms. The van der Waals surface area contributed by atoms with Gasteiger partial charge in [0.15, 0.2) is 0 Å². The molecule has 2 N–H and O–H groups in total. The highest BCUT2D eigenvalue weighted by atomic mass is 19.4. The summed E-state index contributed by atoms with van der Waals surface area (Å²) in [5.41, 5.74) is 3.03. The van der Waals surface area contributed by atoms with Gasteiger partial charge in [-0.25, -0.2) is 9.78 Å². The van der Waals surface area contributed by atoms with Crippen LogP contribution in [-0.4, -0.2) is 28.9 Å². The first-order valence-electron chi connectivity index (χ1n) is 10.1. The Morgan fingerprint density at radius 2 is 1.67 bits per heavy atom. The Kier molecular flexibility index (Phi) is 6.06. The Morgan fingerprint density at radius 1 is 1.00 bits per heavy atom. The van der Waals surface area contributed by atoms with Crippen molar-refractivity contribution in [2.45, 2.75) is 19.3 Å². The van der Waals surface area contributed by atoms with E-state index in [1.807, 2.05) is 0 Å². The standard InChI is InChI=1S/C24H21F3N4O2/c1-15(33-2)28-23(32)29-18-11-8-16(9-12-18)17-10-13-21-20(14-17)30-22(24(25,26)27)31(21)19-6-4-3-5-7-19/h3-15H,1-2H3,(H2,28,29,32). The molecule has 6 nitrogen and oxygen atoms in total. The summed E-state index contributed by atoms with van der Waals surface area (Å²) >= 11 is 0. The van der Waals surface area contributed by atoms with Gasteiger partial charge in [0.25, 0.3) is 0 Å². The van der Waals surface area contributed by atoms with Crippen molar-refractivity contribution in [2.75, 3.05) is 12.4 Å². The summed E-state index contributed by atoms with van der Waals surface area (Å²) < 4.78 is 47.2. The summed E-state index contributed by atoms with van der Waals surface area (Å²) in [7, 11) is 1.48. The van der Waals surface area contributed by atoms with E-state index in [1.54, 1.807) is 79.7 Å². The SMILES string of the molecule is COC(C)NC(=O)Nc1ccc(-c2ccc3c(c2)nc(C(F)(F)F)n3-c2ccccc2)cc1. The first kappa shape index (κ1) is 22.3. The Balaban J connectivity index is 1.66. The molecule has 0 fully saturated rings. The molecular weight excluding hydrogens is 433 g/mol. The number of anilines is 1. The molecule has 4 aromatic rings. The molecule has 1 unspecified atom stereocenters. The number of aromatic nitrogens is 2. The minimum Gasteiger partial charge on any atom is -0.362 e. The number of fused-ring (bicyclic) bond motifs is 1. The zero-order valence-electron chi connectivity index (χ0n) is 17.9. The molecule has 3 aromatic carbocycles. The highest BCUT2D eigenvalue weighted by Gasteiger charge is 2.38. The lowest BCUT2D eigenvalue weighted by molar-refractivity contribution is -0.145. The number of hydrogen-bond donors (Lipinski definition) is 2. The maximum absolute atomic E-state index is 13.7. The normalized spacial score (nSPS) is 12.5. The van der Waals surface area contributed by atoms with Crippen molar-refractivity contribution in [1.82, 2.24) is 14.9 Å². The van der Waals surface area contributed by atoms with Gasteiger partial charge in [0, 0.05) is 18.5 Å². The van der Waals surface area contributed by atoms with Gasteiger partial charge in [-0.3, -0.25) is 4.57 Å². The molecule has 0 radical (unpaired) electrons. The van der Waals surface area contributed by atoms with Gasteiger partial charge in [0.2, 0.25) is 5.82 Å². The number of methoxy groups -OCH3 is 1. The van der Waals surface area contributed by atoms with Crippen LogP contribution in [0.3, 0.4) is 0 Å². The predicted octanol–water partition coefficient (Wildman–Crippen LogP) is 5.83. The van der Waals surface area contributed by atoms with Gasteiger partial charge in [0.1, 0.15) is 6.23 Å². The third kappa shape index (κ3) is 4.83. The maximum atomic E-state index is 13.7. The lowest BCUT2D eigenvalue weighted by atomic mass is 10.0. The number of amides is 2. The van der Waals surface area contributed by atoms with E-state index in [-0.39, 0.29) is 5.52 Å². The number of urea groups is 1. The quantitative estimate of drug-likeness (QED) is 0.373. The number of nitrogens with zero attached hydrogens (tertiary/aromatic N) is 2. The number of nitrogens with one attached hydrogen (secondary N) is 2. The number of rotatable bonds is 5. The van der Waals surface area contributed by atoms with E-state index in [4.69, 9.17) is 4.74 Å². The molecule has 1 aromatic heterocycles. The van der Waals surface area contributed by atoms with Crippen LogP contribution in [0, 0.1) is 0 Å². The largest absolute Gasteiger partial charge is 0.450 e. The number of ether oxygens (including phenoxy) is 1. The molecule has 0 saturated heterocycles. The van der Waals surface area contributed by atoms with Crippen molar-refractivity contribution in [3.05, 3.63) is 78.6 Å². The Bertz CT molecular complexity index is 1270. The summed E-state index contributed by atoms with van der Waals surface area (Å²) in [6.07, 6.45) is -5.04. The smallest absolute Gasteiger partial charge is 0.362 e. The predicted molar refractivity (Wildman–Crippen MR) is 120 cm³/mol. The minimum absolute atomic E-state index is 0.235. The summed E-state index contributed by atoms with van der Waals surface area (Å²) in [6, 6.07) is 19.9. The summed E-state index contributed by atoms with van der Waals surface area (Å²) in [4.78, 5) is 15.8. The Labute approximate surface area is 188 Å². The fraction of sp³-hybridized carbons (Fsp3) is 0.167. The highest BCUT2D eigenvalue weighted by molar-refractivity contribution is 5.90. The lowest BCUT2D eigenvalue weighted by Gasteiger charge is -2.13. The molecule has 1 heterocycles. The number of alkyl halides is 3. The van der Waals surface area contributed by atoms with E-state index in [1.165, 1.54) is 7.11 Å². The second-order valence-corrected chi connectivity index (χ2v) is 7.36. The van der Waals surface area contributed by atoms with Crippen molar-refractivity contribution >= 4 is 22.8 Å². The molecule has 1 atom stereocenters. The average Bonchev–Trinajstić information content (AvgIpc) is 3.19. The van der Waals surface area contributed by atoms with Crippen LogP contribution in [-0.2, 0) is 10.9 Å². The Morgan fingerprint density at radius 3 is 2.30 bits per heavy atom. The first-order chi connectivity index (χ1) is 15.8. The van der Waals surface area contributed by atoms with E-state index < -0.39 is 24.3 Å². The number of carbonyl (C=O) groups is 1. The van der Waals surface area contributed by atoms with E-state index in [9.17, 15) is 18.0 Å². The van der Waals surface area contributed by atoms with Crippen molar-refractivity contribution in [2.24, 2.45) is 0 Å². The fourth-order valence-electron chi connectivity index (χ4n) is 3.45. The van der Waals surface area contributed by atoms with Crippen LogP contribution < -0.4 is 10.6 Å². The summed E-state index contributed by atoms with van der Waals surface area (Å²) in [6.45, 7) is 1.70. The number of para-hydroxylation sites is 1. The average molecular weight is 454 g/mol. The van der Waals surface area contributed by atoms with E-state index >= 15 is 0 Å². The second-order valence-electron chi connectivity index (χ2n) is 7.36. The number of carbonyl (C=O) groups excluding carboxylic acids is 1. The molecule has 0 bridgehead atoms. The van der Waals surface area contributed by atoms with Gasteiger partial charge in [0.05, 0.1) is 11.0 Å². The molecule has 4 rings (SSSR count). The second kappa shape index (κ2) is 8.95. The van der Waals surface area contributed by atoms with Crippen LogP contribution in [0.15, 0.2) is 72.8 Å². The monoisotopic (exact) mass is 454 g/mol. The molecule has 9 heteroatoms. The van der Waals surface area contributed by atoms with E-state index in [0.717, 1.165) is 10.1 Å². The van der Waals surface area contributed by atoms with Crippen molar-refractivity contribution < 1.29 is 22.7 Å². The van der Waals surface area contributed by atoms with Crippen LogP contribution in [0.4, 0.5) is 23.7 Å². The Hall–Kier alpha value is -3.85. The molecule has 170 valence electrons. The molecule has 0 saturated carbocycles. The van der Waals surface area contributed by atoms with E-state index in [0.29, 0.717) is 22.5 Å². The van der Waals surface area contributed by atoms with Crippen LogP contribution in [0.5, 0.6) is 0 Å². The zero-order valence-corrected chi connectivity index (χ0v) is 17.9. The van der Waals surface area contributed by atoms with Gasteiger partial charge in [-0.15, -0.1) is 0 Å². The van der Waals surface area contributed by atoms with Crippen molar-refractivity contribution in [1.29, 1.82) is 0 Å². The zero-order chi connectivity index (χ0) is 23.6. The molecule has 0 aliphatic heterocycles. The van der Waals surface area contributed by atoms with Gasteiger partial charge < -0.3 is 15.4 Å². The van der Waals surface area contributed by atoms with Crippen LogP contribution >= 0.6 is 0 Å². The molecule has 2 amide bonds. The molecule has 0 aliphatic carbocycles. The first-order valence-corrected chi connectivity index (χ1v) is 10.1. The summed E-state index contributed by atoms with van der Waals surface area (Å²) in [5, 5.41) is 5.29. The van der Waals surface area contributed by atoms with Crippen LogP contribution in [0.2, 0.25) is 0 Å². The third-order valence-electron chi connectivity index (χ3n) is 5.09. The van der Waals surface area contributed by atoms with Gasteiger partial charge in [-0.2, -0.15) is 13.2 Å². The molecule has 0 aliphatic rings. The number of hydrogen-bond acceptors (Lipinski definition) is 3. The summed E-state index contributed by atoms with van der Waals surface area (Å²) in [5.74, 6) is -0.975. The van der Waals surface area contributed by atoms with Gasteiger partial charge >= 0.3 is 12.2 Å². The molecular formula is C24H21F3N4O2.